The Kier molecular flexibility index (Phi) is 1.79. The maximum atomic E-state index is 11.0. The number of carbonyl (C=O) groups is 1. The van der Waals surface area contributed by atoms with E-state index in [0.29, 0.717) is 0 Å². The van der Waals surface area contributed by atoms with Gasteiger partial charge >= 0.3 is 0 Å². The van der Waals surface area contributed by atoms with Gasteiger partial charge in [-0.05, 0) is 25.3 Å². The molecule has 10 heavy (non-hydrogen) atoms. The summed E-state index contributed by atoms with van der Waals surface area (Å²) in [5, 5.41) is 9.15. The monoisotopic (exact) mass is 140 g/mol. The van der Waals surface area contributed by atoms with E-state index in [9.17, 15) is 4.79 Å². The molecule has 0 spiro atoms. The third-order valence-electron chi connectivity index (χ3n) is 2.04. The molecule has 0 saturated heterocycles. The van der Waals surface area contributed by atoms with Crippen LogP contribution in [0.2, 0.25) is 0 Å². The molecule has 1 atom stereocenters. The van der Waals surface area contributed by atoms with Crippen LogP contribution in [0, 0.1) is 5.92 Å². The van der Waals surface area contributed by atoms with Crippen molar-refractivity contribution in [1.82, 2.24) is 0 Å². The van der Waals surface area contributed by atoms with Crippen molar-refractivity contribution in [3.05, 3.63) is 11.3 Å². The van der Waals surface area contributed by atoms with E-state index in [1.165, 1.54) is 0 Å². The standard InChI is InChI=1S/C8H12O2/c1-5-3-4-6(2)8(10)7(5)9/h5,10H,3-4H2,1-2H3. The predicted octanol–water partition coefficient (Wildman–Crippen LogP) is 1.82. The lowest BCUT2D eigenvalue weighted by molar-refractivity contribution is -0.122. The molecule has 0 aliphatic heterocycles. The van der Waals surface area contributed by atoms with Crippen molar-refractivity contribution in [2.24, 2.45) is 5.92 Å². The van der Waals surface area contributed by atoms with Crippen molar-refractivity contribution in [2.45, 2.75) is 26.7 Å². The highest BCUT2D eigenvalue weighted by atomic mass is 16.3. The fraction of sp³-hybridized carbons (Fsp3) is 0.625. The second-order valence-corrected chi connectivity index (χ2v) is 2.93. The number of Topliss-reactive ketones (excluding diaryl/α,β-unsaturated/α-hetero) is 1. The highest BCUT2D eigenvalue weighted by Gasteiger charge is 2.23. The molecule has 0 aromatic heterocycles. The molecule has 0 saturated carbocycles. The van der Waals surface area contributed by atoms with Crippen LogP contribution in [0.4, 0.5) is 0 Å². The summed E-state index contributed by atoms with van der Waals surface area (Å²) < 4.78 is 0. The van der Waals surface area contributed by atoms with Gasteiger partial charge in [0.15, 0.2) is 11.5 Å². The van der Waals surface area contributed by atoms with Crippen LogP contribution in [-0.4, -0.2) is 10.9 Å². The highest BCUT2D eigenvalue weighted by Crippen LogP contribution is 2.23. The van der Waals surface area contributed by atoms with Crippen molar-refractivity contribution in [3.63, 3.8) is 0 Å². The summed E-state index contributed by atoms with van der Waals surface area (Å²) in [5.74, 6) is -0.0776. The quantitative estimate of drug-likeness (QED) is 0.557. The highest BCUT2D eigenvalue weighted by molar-refractivity contribution is 5.96. The Morgan fingerprint density at radius 1 is 1.60 bits per heavy atom. The molecule has 0 aromatic rings. The lowest BCUT2D eigenvalue weighted by atomic mass is 9.89. The maximum absolute atomic E-state index is 11.0. The molecule has 2 nitrogen and oxygen atoms in total. The van der Waals surface area contributed by atoms with E-state index in [1.54, 1.807) is 6.92 Å². The van der Waals surface area contributed by atoms with Gasteiger partial charge in [0.25, 0.3) is 0 Å². The summed E-state index contributed by atoms with van der Waals surface area (Å²) >= 11 is 0. The van der Waals surface area contributed by atoms with E-state index >= 15 is 0 Å². The second kappa shape index (κ2) is 2.45. The Hall–Kier alpha value is -0.790. The number of aliphatic hydroxyl groups excluding tert-OH is 1. The fourth-order valence-electron chi connectivity index (χ4n) is 1.13. The van der Waals surface area contributed by atoms with E-state index in [0.717, 1.165) is 18.4 Å². The number of hydrogen-bond acceptors (Lipinski definition) is 2. The largest absolute Gasteiger partial charge is 0.504 e. The molecule has 1 rings (SSSR count). The first-order chi connectivity index (χ1) is 4.63. The average Bonchev–Trinajstić information content (AvgIpc) is 1.93. The summed E-state index contributed by atoms with van der Waals surface area (Å²) in [6, 6.07) is 0. The topological polar surface area (TPSA) is 37.3 Å². The normalized spacial score (nSPS) is 27.4. The Morgan fingerprint density at radius 3 is 2.70 bits per heavy atom. The van der Waals surface area contributed by atoms with Crippen molar-refractivity contribution in [3.8, 4) is 0 Å². The lowest BCUT2D eigenvalue weighted by Crippen LogP contribution is -2.19. The molecule has 1 aliphatic rings. The number of rotatable bonds is 0. The fourth-order valence-corrected chi connectivity index (χ4v) is 1.13. The minimum Gasteiger partial charge on any atom is -0.504 e. The first kappa shape index (κ1) is 7.32. The van der Waals surface area contributed by atoms with E-state index in [4.69, 9.17) is 5.11 Å². The number of aliphatic hydroxyl groups is 1. The molecule has 2 heteroatoms. The summed E-state index contributed by atoms with van der Waals surface area (Å²) in [6.45, 7) is 3.66. The minimum absolute atomic E-state index is 0.00116. The molecular formula is C8H12O2. The second-order valence-electron chi connectivity index (χ2n) is 2.93. The summed E-state index contributed by atoms with van der Waals surface area (Å²) in [4.78, 5) is 11.0. The van der Waals surface area contributed by atoms with Crippen LogP contribution in [-0.2, 0) is 4.79 Å². The molecule has 1 N–H and O–H groups in total. The Labute approximate surface area is 60.6 Å². The van der Waals surface area contributed by atoms with Crippen LogP contribution >= 0.6 is 0 Å². The maximum Gasteiger partial charge on any atom is 0.199 e. The molecule has 0 amide bonds. The molecular weight excluding hydrogens is 128 g/mol. The molecule has 1 unspecified atom stereocenters. The average molecular weight is 140 g/mol. The Morgan fingerprint density at radius 2 is 2.20 bits per heavy atom. The van der Waals surface area contributed by atoms with Gasteiger partial charge in [0, 0.05) is 5.92 Å². The van der Waals surface area contributed by atoms with Crippen LogP contribution in [0.25, 0.3) is 0 Å². The van der Waals surface area contributed by atoms with Gasteiger partial charge in [0.2, 0.25) is 0 Å². The van der Waals surface area contributed by atoms with Crippen LogP contribution < -0.4 is 0 Å². The van der Waals surface area contributed by atoms with Gasteiger partial charge in [-0.2, -0.15) is 0 Å². The van der Waals surface area contributed by atoms with E-state index in [-0.39, 0.29) is 17.5 Å². The lowest BCUT2D eigenvalue weighted by Gasteiger charge is -2.17. The summed E-state index contributed by atoms with van der Waals surface area (Å²) in [7, 11) is 0. The summed E-state index contributed by atoms with van der Waals surface area (Å²) in [5.41, 5.74) is 0.836. The van der Waals surface area contributed by atoms with E-state index < -0.39 is 0 Å². The van der Waals surface area contributed by atoms with Gasteiger partial charge in [-0.3, -0.25) is 4.79 Å². The summed E-state index contributed by atoms with van der Waals surface area (Å²) in [6.07, 6.45) is 1.74. The van der Waals surface area contributed by atoms with Crippen molar-refractivity contribution < 1.29 is 9.90 Å². The Balaban J connectivity index is 2.88. The first-order valence-electron chi connectivity index (χ1n) is 3.56. The third kappa shape index (κ3) is 1.06. The van der Waals surface area contributed by atoms with Crippen molar-refractivity contribution in [2.75, 3.05) is 0 Å². The minimum atomic E-state index is -0.0937. The molecule has 1 aliphatic carbocycles. The molecule has 0 fully saturated rings. The van der Waals surface area contributed by atoms with Gasteiger partial charge in [0.1, 0.15) is 0 Å². The molecule has 0 bridgehead atoms. The SMILES string of the molecule is CC1=C(O)C(=O)C(C)CC1. The van der Waals surface area contributed by atoms with Crippen molar-refractivity contribution >= 4 is 5.78 Å². The van der Waals surface area contributed by atoms with Crippen LogP contribution in [0.1, 0.15) is 26.7 Å². The van der Waals surface area contributed by atoms with Crippen molar-refractivity contribution in [1.29, 1.82) is 0 Å². The van der Waals surface area contributed by atoms with Gasteiger partial charge in [-0.1, -0.05) is 6.92 Å². The third-order valence-corrected chi connectivity index (χ3v) is 2.04. The van der Waals surface area contributed by atoms with E-state index in [1.807, 2.05) is 6.92 Å². The zero-order valence-electron chi connectivity index (χ0n) is 6.35. The number of allylic oxidation sites excluding steroid dienone is 2. The van der Waals surface area contributed by atoms with E-state index in [2.05, 4.69) is 0 Å². The number of hydrogen-bond donors (Lipinski definition) is 1. The van der Waals surface area contributed by atoms with Gasteiger partial charge < -0.3 is 5.11 Å². The first-order valence-corrected chi connectivity index (χ1v) is 3.56. The zero-order valence-corrected chi connectivity index (χ0v) is 6.35. The predicted molar refractivity (Wildman–Crippen MR) is 38.7 cm³/mol. The molecule has 0 radical (unpaired) electrons. The van der Waals surface area contributed by atoms with Gasteiger partial charge in [0.05, 0.1) is 0 Å². The number of ketones is 1. The van der Waals surface area contributed by atoms with Gasteiger partial charge in [-0.25, -0.2) is 0 Å². The number of carbonyl (C=O) groups excluding carboxylic acids is 1. The Bertz CT molecular complexity index is 191. The molecule has 0 heterocycles. The zero-order chi connectivity index (χ0) is 7.72. The van der Waals surface area contributed by atoms with Crippen LogP contribution in [0.15, 0.2) is 11.3 Å². The smallest absolute Gasteiger partial charge is 0.199 e. The van der Waals surface area contributed by atoms with Crippen LogP contribution in [0.5, 0.6) is 0 Å². The molecule has 0 aromatic carbocycles. The van der Waals surface area contributed by atoms with Gasteiger partial charge in [-0.15, -0.1) is 0 Å². The van der Waals surface area contributed by atoms with Crippen LogP contribution in [0.3, 0.4) is 0 Å². The molecule has 56 valence electrons.